The summed E-state index contributed by atoms with van der Waals surface area (Å²) in [7, 11) is 1.64. The fraction of sp³-hybridized carbons (Fsp3) is 0.393. The highest BCUT2D eigenvalue weighted by molar-refractivity contribution is 5.74. The van der Waals surface area contributed by atoms with Crippen LogP contribution in [0, 0.1) is 0 Å². The van der Waals surface area contributed by atoms with Gasteiger partial charge in [0.2, 0.25) is 5.95 Å². The number of hydrogen-bond donors (Lipinski definition) is 2. The average molecular weight is 490 g/mol. The molecule has 1 aromatic heterocycles. The summed E-state index contributed by atoms with van der Waals surface area (Å²) in [6.07, 6.45) is 4.95. The van der Waals surface area contributed by atoms with Gasteiger partial charge in [-0.05, 0) is 36.2 Å². The van der Waals surface area contributed by atoms with Crippen LogP contribution in [0.1, 0.15) is 49.4 Å². The van der Waals surface area contributed by atoms with E-state index in [9.17, 15) is 9.59 Å². The molecule has 4 rings (SSSR count). The molecule has 3 aromatic rings. The number of carbonyl (C=O) groups is 1. The van der Waals surface area contributed by atoms with Crippen LogP contribution in [0.4, 0.5) is 10.7 Å². The fourth-order valence-electron chi connectivity index (χ4n) is 4.37. The summed E-state index contributed by atoms with van der Waals surface area (Å²) in [6.45, 7) is 4.12. The van der Waals surface area contributed by atoms with Crippen molar-refractivity contribution in [1.82, 2.24) is 19.8 Å². The van der Waals surface area contributed by atoms with Gasteiger partial charge in [-0.1, -0.05) is 56.5 Å². The molecule has 2 amide bonds. The van der Waals surface area contributed by atoms with Gasteiger partial charge in [-0.25, -0.2) is 14.3 Å². The zero-order valence-corrected chi connectivity index (χ0v) is 21.1. The summed E-state index contributed by atoms with van der Waals surface area (Å²) in [4.78, 5) is 33.1. The van der Waals surface area contributed by atoms with E-state index in [2.05, 4.69) is 17.6 Å². The number of anilines is 1. The molecule has 0 radical (unpaired) electrons. The number of methoxy groups -OCH3 is 1. The van der Waals surface area contributed by atoms with Crippen LogP contribution in [-0.2, 0) is 19.5 Å². The number of unbranched alkanes of at least 4 members (excludes halogenated alkanes) is 3. The molecule has 0 bridgehead atoms. The molecule has 2 aromatic carbocycles. The van der Waals surface area contributed by atoms with Crippen LogP contribution in [0.2, 0.25) is 0 Å². The number of nitrogens with one attached hydrogen (secondary N) is 2. The summed E-state index contributed by atoms with van der Waals surface area (Å²) >= 11 is 0. The van der Waals surface area contributed by atoms with E-state index >= 15 is 0 Å². The average Bonchev–Trinajstić information content (AvgIpc) is 2.92. The molecule has 1 aliphatic heterocycles. The quantitative estimate of drug-likeness (QED) is 0.410. The SMILES string of the molecule is CCCCCCNC(=O)N1CCc2nc(NCc3ccc(OC)cc3)n(-c3ccccc3)c(=O)c2C1. The Balaban J connectivity index is 1.56. The molecule has 0 fully saturated rings. The third-order valence-electron chi connectivity index (χ3n) is 6.45. The van der Waals surface area contributed by atoms with Crippen molar-refractivity contribution in [3.63, 3.8) is 0 Å². The Labute approximate surface area is 212 Å². The topological polar surface area (TPSA) is 88.5 Å². The van der Waals surface area contributed by atoms with Crippen LogP contribution >= 0.6 is 0 Å². The molecule has 1 aliphatic rings. The predicted molar refractivity (Wildman–Crippen MR) is 142 cm³/mol. The predicted octanol–water partition coefficient (Wildman–Crippen LogP) is 4.50. The first kappa shape index (κ1) is 25.3. The zero-order valence-electron chi connectivity index (χ0n) is 21.1. The number of amides is 2. The van der Waals surface area contributed by atoms with Crippen LogP contribution in [0.15, 0.2) is 59.4 Å². The monoisotopic (exact) mass is 489 g/mol. The summed E-state index contributed by atoms with van der Waals surface area (Å²) in [5.41, 5.74) is 2.94. The second-order valence-electron chi connectivity index (χ2n) is 9.00. The molecule has 0 spiro atoms. The molecule has 0 unspecified atom stereocenters. The molecule has 0 saturated heterocycles. The number of urea groups is 1. The number of para-hydroxylation sites is 1. The third kappa shape index (κ3) is 6.05. The second-order valence-corrected chi connectivity index (χ2v) is 9.00. The largest absolute Gasteiger partial charge is 0.497 e. The molecular weight excluding hydrogens is 454 g/mol. The first-order valence-corrected chi connectivity index (χ1v) is 12.7. The Morgan fingerprint density at radius 3 is 2.56 bits per heavy atom. The van der Waals surface area contributed by atoms with Gasteiger partial charge in [0.15, 0.2) is 0 Å². The van der Waals surface area contributed by atoms with Crippen molar-refractivity contribution in [3.05, 3.63) is 81.8 Å². The zero-order chi connectivity index (χ0) is 25.3. The first-order chi connectivity index (χ1) is 17.6. The van der Waals surface area contributed by atoms with E-state index in [1.54, 1.807) is 16.6 Å². The smallest absolute Gasteiger partial charge is 0.317 e. The minimum absolute atomic E-state index is 0.121. The number of rotatable bonds is 10. The number of fused-ring (bicyclic) bond motifs is 1. The van der Waals surface area contributed by atoms with Gasteiger partial charge in [0, 0.05) is 26.1 Å². The standard InChI is InChI=1S/C28H35N5O3/c1-3-4-5-9-17-29-28(35)32-18-16-25-24(20-32)26(34)33(22-10-7-6-8-11-22)27(31-25)30-19-21-12-14-23(36-2)15-13-21/h6-8,10-15H,3-5,9,16-20H2,1-2H3,(H,29,35)(H,30,31). The lowest BCUT2D eigenvalue weighted by atomic mass is 10.1. The van der Waals surface area contributed by atoms with E-state index in [4.69, 9.17) is 9.72 Å². The maximum atomic E-state index is 13.7. The minimum Gasteiger partial charge on any atom is -0.497 e. The summed E-state index contributed by atoms with van der Waals surface area (Å²) in [6, 6.07) is 17.1. The van der Waals surface area contributed by atoms with Gasteiger partial charge in [0.1, 0.15) is 5.75 Å². The Morgan fingerprint density at radius 1 is 1.06 bits per heavy atom. The van der Waals surface area contributed by atoms with Crippen molar-refractivity contribution in [2.75, 3.05) is 25.5 Å². The van der Waals surface area contributed by atoms with Gasteiger partial charge in [0.25, 0.3) is 5.56 Å². The Kier molecular flexibility index (Phi) is 8.60. The summed E-state index contributed by atoms with van der Waals surface area (Å²) in [5, 5.41) is 6.36. The molecule has 0 atom stereocenters. The molecule has 0 saturated carbocycles. The van der Waals surface area contributed by atoms with Gasteiger partial charge in [0.05, 0.1) is 30.6 Å². The fourth-order valence-corrected chi connectivity index (χ4v) is 4.37. The summed E-state index contributed by atoms with van der Waals surface area (Å²) in [5.74, 6) is 1.29. The number of ether oxygens (including phenoxy) is 1. The van der Waals surface area contributed by atoms with Crippen LogP contribution in [-0.4, -0.2) is 40.7 Å². The van der Waals surface area contributed by atoms with E-state index in [-0.39, 0.29) is 18.1 Å². The number of hydrogen-bond acceptors (Lipinski definition) is 5. The highest BCUT2D eigenvalue weighted by Gasteiger charge is 2.26. The molecule has 0 aliphatic carbocycles. The van der Waals surface area contributed by atoms with E-state index in [0.29, 0.717) is 37.6 Å². The van der Waals surface area contributed by atoms with E-state index in [0.717, 1.165) is 42.0 Å². The molecule has 2 heterocycles. The molecule has 190 valence electrons. The summed E-state index contributed by atoms with van der Waals surface area (Å²) < 4.78 is 6.84. The van der Waals surface area contributed by atoms with Crippen molar-refractivity contribution in [3.8, 4) is 11.4 Å². The van der Waals surface area contributed by atoms with E-state index in [1.165, 1.54) is 6.42 Å². The lowest BCUT2D eigenvalue weighted by Gasteiger charge is -2.29. The molecule has 36 heavy (non-hydrogen) atoms. The van der Waals surface area contributed by atoms with Crippen molar-refractivity contribution in [2.24, 2.45) is 0 Å². The van der Waals surface area contributed by atoms with Gasteiger partial charge in [-0.2, -0.15) is 0 Å². The van der Waals surface area contributed by atoms with Gasteiger partial charge >= 0.3 is 6.03 Å². The lowest BCUT2D eigenvalue weighted by molar-refractivity contribution is 0.191. The normalized spacial score (nSPS) is 12.7. The molecule has 8 heteroatoms. The van der Waals surface area contributed by atoms with Crippen molar-refractivity contribution in [1.29, 1.82) is 0 Å². The van der Waals surface area contributed by atoms with Crippen molar-refractivity contribution >= 4 is 12.0 Å². The van der Waals surface area contributed by atoms with Crippen molar-refractivity contribution < 1.29 is 9.53 Å². The van der Waals surface area contributed by atoms with Gasteiger partial charge in [-0.15, -0.1) is 0 Å². The number of carbonyl (C=O) groups excluding carboxylic acids is 1. The minimum atomic E-state index is -0.149. The Hall–Kier alpha value is -3.81. The molecule has 8 nitrogen and oxygen atoms in total. The highest BCUT2D eigenvalue weighted by atomic mass is 16.5. The van der Waals surface area contributed by atoms with Crippen LogP contribution in [0.3, 0.4) is 0 Å². The second kappa shape index (κ2) is 12.2. The number of nitrogens with zero attached hydrogens (tertiary/aromatic N) is 3. The van der Waals surface area contributed by atoms with Crippen LogP contribution < -0.4 is 20.9 Å². The lowest BCUT2D eigenvalue weighted by Crippen LogP contribution is -2.45. The maximum Gasteiger partial charge on any atom is 0.317 e. The van der Waals surface area contributed by atoms with Gasteiger partial charge in [-0.3, -0.25) is 4.79 Å². The van der Waals surface area contributed by atoms with E-state index < -0.39 is 0 Å². The first-order valence-electron chi connectivity index (χ1n) is 12.7. The van der Waals surface area contributed by atoms with Crippen molar-refractivity contribution in [2.45, 2.75) is 52.1 Å². The maximum absolute atomic E-state index is 13.7. The highest BCUT2D eigenvalue weighted by Crippen LogP contribution is 2.20. The molecule has 2 N–H and O–H groups in total. The third-order valence-corrected chi connectivity index (χ3v) is 6.45. The van der Waals surface area contributed by atoms with Crippen LogP contribution in [0.5, 0.6) is 5.75 Å². The van der Waals surface area contributed by atoms with E-state index in [1.807, 2.05) is 54.6 Å². The van der Waals surface area contributed by atoms with Gasteiger partial charge < -0.3 is 20.3 Å². The Bertz CT molecular complexity index is 1210. The Morgan fingerprint density at radius 2 is 1.83 bits per heavy atom. The van der Waals surface area contributed by atoms with Crippen LogP contribution in [0.25, 0.3) is 5.69 Å². The number of aromatic nitrogens is 2. The number of benzene rings is 2. The molecular formula is C28H35N5O3.